The molecule has 2 aliphatic carbocycles. The molecule has 170 valence electrons. The minimum atomic E-state index is -0.696. The van der Waals surface area contributed by atoms with Crippen LogP contribution in [0.25, 0.3) is 11.4 Å². The summed E-state index contributed by atoms with van der Waals surface area (Å²) in [6.07, 6.45) is 7.82. The summed E-state index contributed by atoms with van der Waals surface area (Å²) >= 11 is 0. The first-order chi connectivity index (χ1) is 15.9. The van der Waals surface area contributed by atoms with E-state index in [-0.39, 0.29) is 11.5 Å². The summed E-state index contributed by atoms with van der Waals surface area (Å²) in [6, 6.07) is 3.02. The number of benzene rings is 1. The normalized spacial score (nSPS) is 26.2. The molecule has 6 rings (SSSR count). The lowest BCUT2D eigenvalue weighted by molar-refractivity contribution is -0.147. The highest BCUT2D eigenvalue weighted by molar-refractivity contribution is 6.21. The minimum Gasteiger partial charge on any atom is -0.481 e. The van der Waals surface area contributed by atoms with Gasteiger partial charge < -0.3 is 10.0 Å². The molecule has 8 heteroatoms. The summed E-state index contributed by atoms with van der Waals surface area (Å²) in [4.78, 5) is 15.5. The van der Waals surface area contributed by atoms with Crippen LogP contribution in [-0.2, 0) is 4.79 Å². The number of carbonyl (C=O) groups is 1. The summed E-state index contributed by atoms with van der Waals surface area (Å²) in [6.45, 7) is 2.35. The van der Waals surface area contributed by atoms with E-state index in [1.165, 1.54) is 23.8 Å². The Morgan fingerprint density at radius 2 is 2.03 bits per heavy atom. The van der Waals surface area contributed by atoms with Crippen LogP contribution in [0.15, 0.2) is 52.4 Å². The number of hydrogen-bond acceptors (Lipinski definition) is 5. The molecule has 1 aromatic rings. The molecular formula is C25H24F2N4O2. The quantitative estimate of drug-likeness (QED) is 0.738. The van der Waals surface area contributed by atoms with Crippen LogP contribution in [0.1, 0.15) is 36.0 Å². The van der Waals surface area contributed by atoms with Gasteiger partial charge in [0, 0.05) is 67.3 Å². The molecule has 3 heterocycles. The highest BCUT2D eigenvalue weighted by atomic mass is 19.1. The highest BCUT2D eigenvalue weighted by Crippen LogP contribution is 2.42. The Kier molecular flexibility index (Phi) is 4.55. The molecule has 0 spiro atoms. The first kappa shape index (κ1) is 20.4. The van der Waals surface area contributed by atoms with E-state index in [1.807, 2.05) is 13.2 Å². The van der Waals surface area contributed by atoms with Gasteiger partial charge in [0.1, 0.15) is 11.6 Å². The van der Waals surface area contributed by atoms with Crippen molar-refractivity contribution < 1.29 is 18.7 Å². The number of nitrogens with zero attached hydrogens (tertiary/aromatic N) is 3. The van der Waals surface area contributed by atoms with E-state index in [2.05, 4.69) is 26.4 Å². The lowest BCUT2D eigenvalue weighted by Gasteiger charge is -2.43. The summed E-state index contributed by atoms with van der Waals surface area (Å²) in [5.74, 6) is -1.86. The predicted molar refractivity (Wildman–Crippen MR) is 121 cm³/mol. The lowest BCUT2D eigenvalue weighted by Crippen LogP contribution is -2.48. The molecule has 1 aromatic carbocycles. The highest BCUT2D eigenvalue weighted by Gasteiger charge is 2.39. The van der Waals surface area contributed by atoms with E-state index < -0.39 is 17.6 Å². The zero-order valence-corrected chi connectivity index (χ0v) is 18.2. The van der Waals surface area contributed by atoms with Crippen LogP contribution in [0.2, 0.25) is 0 Å². The second-order valence-electron chi connectivity index (χ2n) is 9.42. The van der Waals surface area contributed by atoms with Crippen molar-refractivity contribution in [1.29, 1.82) is 0 Å². The summed E-state index contributed by atoms with van der Waals surface area (Å²) in [5, 5.41) is 13.6. The summed E-state index contributed by atoms with van der Waals surface area (Å²) < 4.78 is 28.9. The summed E-state index contributed by atoms with van der Waals surface area (Å²) in [7, 11) is 1.98. The van der Waals surface area contributed by atoms with Crippen molar-refractivity contribution in [2.24, 2.45) is 11.0 Å². The van der Waals surface area contributed by atoms with Crippen molar-refractivity contribution in [3.8, 4) is 0 Å². The number of aliphatic carboxylic acids is 1. The van der Waals surface area contributed by atoms with Crippen molar-refractivity contribution in [1.82, 2.24) is 15.2 Å². The van der Waals surface area contributed by atoms with Gasteiger partial charge in [-0.05, 0) is 42.5 Å². The fraction of sp³-hybridized carbons (Fsp3) is 0.360. The van der Waals surface area contributed by atoms with Gasteiger partial charge in [-0.2, -0.15) is 5.10 Å². The molecule has 0 radical (unpaired) electrons. The Hall–Kier alpha value is -3.26. The van der Waals surface area contributed by atoms with Crippen LogP contribution in [0.4, 0.5) is 8.78 Å². The van der Waals surface area contributed by atoms with Crippen molar-refractivity contribution in [2.45, 2.75) is 25.3 Å². The molecule has 33 heavy (non-hydrogen) atoms. The second kappa shape index (κ2) is 7.38. The van der Waals surface area contributed by atoms with E-state index in [9.17, 15) is 13.6 Å². The van der Waals surface area contributed by atoms with Crippen LogP contribution in [0.3, 0.4) is 0 Å². The Morgan fingerprint density at radius 3 is 2.76 bits per heavy atom. The number of fused-ring (bicyclic) bond motifs is 2. The third kappa shape index (κ3) is 3.23. The van der Waals surface area contributed by atoms with Crippen LogP contribution < -0.4 is 5.43 Å². The maximum atomic E-state index is 14.4. The zero-order chi connectivity index (χ0) is 22.9. The van der Waals surface area contributed by atoms with Crippen molar-refractivity contribution in [3.05, 3.63) is 69.8 Å². The lowest BCUT2D eigenvalue weighted by atomic mass is 9.78. The second-order valence-corrected chi connectivity index (χ2v) is 9.42. The number of allylic oxidation sites excluding steroid dienone is 2. The molecule has 0 saturated heterocycles. The molecule has 0 unspecified atom stereocenters. The Labute approximate surface area is 190 Å². The van der Waals surface area contributed by atoms with Gasteiger partial charge in [-0.1, -0.05) is 6.08 Å². The van der Waals surface area contributed by atoms with Gasteiger partial charge in [0.25, 0.3) is 0 Å². The molecular weight excluding hydrogens is 426 g/mol. The maximum absolute atomic E-state index is 14.4. The van der Waals surface area contributed by atoms with Gasteiger partial charge in [-0.25, -0.2) is 8.78 Å². The Morgan fingerprint density at radius 1 is 1.24 bits per heavy atom. The number of carboxylic acid groups (broad SMARTS) is 1. The molecule has 0 aromatic heterocycles. The van der Waals surface area contributed by atoms with E-state index >= 15 is 0 Å². The summed E-state index contributed by atoms with van der Waals surface area (Å²) in [5.41, 5.74) is 9.13. The van der Waals surface area contributed by atoms with Gasteiger partial charge in [0.05, 0.1) is 17.3 Å². The third-order valence-electron chi connectivity index (χ3n) is 7.39. The fourth-order valence-electron chi connectivity index (χ4n) is 5.55. The molecule has 0 bridgehead atoms. The topological polar surface area (TPSA) is 68.2 Å². The molecule has 3 aliphatic heterocycles. The number of rotatable bonds is 3. The average molecular weight is 450 g/mol. The fourth-order valence-corrected chi connectivity index (χ4v) is 5.55. The molecule has 5 aliphatic rings. The molecule has 0 amide bonds. The van der Waals surface area contributed by atoms with Crippen LogP contribution in [0.5, 0.6) is 0 Å². The molecule has 2 N–H and O–H groups in total. The monoisotopic (exact) mass is 450 g/mol. The number of nitrogens with one attached hydrogen (secondary N) is 1. The van der Waals surface area contributed by atoms with E-state index in [1.54, 1.807) is 0 Å². The smallest absolute Gasteiger partial charge is 0.306 e. The largest absolute Gasteiger partial charge is 0.481 e. The number of carboxylic acids is 1. The molecule has 1 fully saturated rings. The van der Waals surface area contributed by atoms with Gasteiger partial charge in [0.15, 0.2) is 0 Å². The first-order valence-electron chi connectivity index (χ1n) is 11.3. The van der Waals surface area contributed by atoms with Crippen LogP contribution in [-0.4, -0.2) is 59.3 Å². The Balaban J connectivity index is 1.34. The van der Waals surface area contributed by atoms with E-state index in [0.717, 1.165) is 49.2 Å². The van der Waals surface area contributed by atoms with Gasteiger partial charge >= 0.3 is 5.97 Å². The number of hydrazone groups is 1. The van der Waals surface area contributed by atoms with Crippen molar-refractivity contribution in [3.63, 3.8) is 0 Å². The molecule has 1 saturated carbocycles. The number of hydrogen-bond donors (Lipinski definition) is 2. The maximum Gasteiger partial charge on any atom is 0.306 e. The zero-order valence-electron chi connectivity index (χ0n) is 18.2. The third-order valence-corrected chi connectivity index (χ3v) is 7.39. The van der Waals surface area contributed by atoms with Crippen molar-refractivity contribution >= 4 is 23.1 Å². The Bertz CT molecular complexity index is 1240. The SMILES string of the molecule is CN1C=C2C(=C(C3=CCN(C4CC(C(=O)O)C4)CC3)C1)NN=C1C=C(F)c3cc(F)cc2c31. The predicted octanol–water partition coefficient (Wildman–Crippen LogP) is 3.49. The standard InChI is InChI=1S/C25H24F2N4O2/c1-30-11-19(13-2-4-31(5-3-13)16-6-14(7-16)25(32)33)24-20(12-30)17-8-15(26)9-18-21(27)10-22(23(17)18)28-29-24/h2,8-10,12,14,16,29H,3-7,11H2,1H3,(H,32,33). The number of likely N-dealkylation sites (N-methyl/N-ethyl adjacent to an activating group) is 1. The molecule has 6 nitrogen and oxygen atoms in total. The van der Waals surface area contributed by atoms with Crippen molar-refractivity contribution in [2.75, 3.05) is 26.7 Å². The van der Waals surface area contributed by atoms with Gasteiger partial charge in [0.2, 0.25) is 0 Å². The van der Waals surface area contributed by atoms with Gasteiger partial charge in [-0.15, -0.1) is 0 Å². The first-order valence-corrected chi connectivity index (χ1v) is 11.3. The minimum absolute atomic E-state index is 0.213. The number of halogens is 2. The van der Waals surface area contributed by atoms with E-state index in [0.29, 0.717) is 29.4 Å². The van der Waals surface area contributed by atoms with E-state index in [4.69, 9.17) is 5.11 Å². The van der Waals surface area contributed by atoms with Crippen LogP contribution >= 0.6 is 0 Å². The van der Waals surface area contributed by atoms with Gasteiger partial charge in [-0.3, -0.25) is 15.1 Å². The average Bonchev–Trinajstić information content (AvgIpc) is 2.97. The molecule has 0 atom stereocenters. The van der Waals surface area contributed by atoms with Crippen LogP contribution in [0, 0.1) is 11.7 Å².